The highest BCUT2D eigenvalue weighted by Gasteiger charge is 2.11. The maximum Gasteiger partial charge on any atom is 0.233 e. The van der Waals surface area contributed by atoms with Crippen molar-refractivity contribution in [3.8, 4) is 11.6 Å². The zero-order valence-corrected chi connectivity index (χ0v) is 11.7. The van der Waals surface area contributed by atoms with E-state index in [1.807, 2.05) is 54.6 Å². The molecule has 1 aliphatic rings. The van der Waals surface area contributed by atoms with Crippen LogP contribution in [0.1, 0.15) is 5.56 Å². The predicted octanol–water partition coefficient (Wildman–Crippen LogP) is 2.95. The van der Waals surface area contributed by atoms with Gasteiger partial charge in [0, 0.05) is 5.56 Å². The van der Waals surface area contributed by atoms with Crippen LogP contribution >= 0.6 is 0 Å². The molecule has 0 amide bonds. The molecule has 0 atom stereocenters. The first-order chi connectivity index (χ1) is 10.9. The van der Waals surface area contributed by atoms with Gasteiger partial charge < -0.3 is 9.57 Å². The van der Waals surface area contributed by atoms with Crippen molar-refractivity contribution in [2.45, 2.75) is 0 Å². The van der Waals surface area contributed by atoms with Crippen molar-refractivity contribution >= 4 is 17.1 Å². The predicted molar refractivity (Wildman–Crippen MR) is 83.2 cm³/mol. The normalized spacial score (nSPS) is 12.8. The molecule has 0 radical (unpaired) electrons. The third-order valence-electron chi connectivity index (χ3n) is 3.34. The van der Waals surface area contributed by atoms with Gasteiger partial charge in [0.2, 0.25) is 5.88 Å². The van der Waals surface area contributed by atoms with Crippen LogP contribution in [0.3, 0.4) is 0 Å². The van der Waals surface area contributed by atoms with Gasteiger partial charge in [-0.2, -0.15) is 0 Å². The van der Waals surface area contributed by atoms with E-state index in [-0.39, 0.29) is 0 Å². The number of ether oxygens (including phenoxy) is 1. The molecule has 0 aliphatic carbocycles. The van der Waals surface area contributed by atoms with Crippen molar-refractivity contribution < 1.29 is 9.57 Å². The molecule has 108 valence electrons. The molecule has 2 aromatic carbocycles. The fourth-order valence-corrected chi connectivity index (χ4v) is 2.26. The van der Waals surface area contributed by atoms with Gasteiger partial charge in [-0.3, -0.25) is 0 Å². The smallest absolute Gasteiger partial charge is 0.233 e. The fourth-order valence-electron chi connectivity index (χ4n) is 2.26. The zero-order chi connectivity index (χ0) is 14.8. The van der Waals surface area contributed by atoms with Gasteiger partial charge in [0.05, 0.1) is 22.9 Å². The average Bonchev–Trinajstić information content (AvgIpc) is 2.59. The summed E-state index contributed by atoms with van der Waals surface area (Å²) in [6.45, 7) is 0.335. The SMILES string of the molecule is C1=C(COc2cnc3ccccc3n2)NOc2ccccc21. The van der Waals surface area contributed by atoms with Gasteiger partial charge in [0.25, 0.3) is 0 Å². The summed E-state index contributed by atoms with van der Waals surface area (Å²) in [5.74, 6) is 1.29. The number of benzene rings is 2. The van der Waals surface area contributed by atoms with Crippen molar-refractivity contribution in [1.82, 2.24) is 15.4 Å². The number of nitrogens with one attached hydrogen (secondary N) is 1. The fraction of sp³-hybridized carbons (Fsp3) is 0.0588. The van der Waals surface area contributed by atoms with Crippen LogP contribution in [0.2, 0.25) is 0 Å². The summed E-state index contributed by atoms with van der Waals surface area (Å²) in [7, 11) is 0. The number of nitrogens with zero attached hydrogens (tertiary/aromatic N) is 2. The highest BCUT2D eigenvalue weighted by atomic mass is 16.6. The van der Waals surface area contributed by atoms with Gasteiger partial charge in [-0.05, 0) is 24.3 Å². The monoisotopic (exact) mass is 291 g/mol. The summed E-state index contributed by atoms with van der Waals surface area (Å²) >= 11 is 0. The minimum atomic E-state index is 0.335. The largest absolute Gasteiger partial charge is 0.470 e. The number of hydroxylamine groups is 1. The first kappa shape index (κ1) is 12.6. The molecule has 5 nitrogen and oxygen atoms in total. The van der Waals surface area contributed by atoms with E-state index < -0.39 is 0 Å². The Morgan fingerprint density at radius 3 is 2.77 bits per heavy atom. The lowest BCUT2D eigenvalue weighted by molar-refractivity contribution is 0.201. The Morgan fingerprint density at radius 2 is 1.82 bits per heavy atom. The Kier molecular flexibility index (Phi) is 3.08. The van der Waals surface area contributed by atoms with Crippen molar-refractivity contribution in [1.29, 1.82) is 0 Å². The highest BCUT2D eigenvalue weighted by Crippen LogP contribution is 2.23. The van der Waals surface area contributed by atoms with E-state index in [4.69, 9.17) is 9.57 Å². The second-order valence-corrected chi connectivity index (χ2v) is 4.90. The molecule has 0 saturated carbocycles. The Balaban J connectivity index is 1.51. The van der Waals surface area contributed by atoms with Crippen LogP contribution in [0.4, 0.5) is 0 Å². The van der Waals surface area contributed by atoms with E-state index in [9.17, 15) is 0 Å². The van der Waals surface area contributed by atoms with Gasteiger partial charge in [-0.25, -0.2) is 15.4 Å². The molecule has 0 fully saturated rings. The van der Waals surface area contributed by atoms with Gasteiger partial charge >= 0.3 is 0 Å². The molecular weight excluding hydrogens is 278 g/mol. The molecular formula is C17H13N3O2. The van der Waals surface area contributed by atoms with Crippen LogP contribution in [-0.4, -0.2) is 16.6 Å². The van der Waals surface area contributed by atoms with Crippen molar-refractivity contribution in [3.05, 3.63) is 66.0 Å². The zero-order valence-electron chi connectivity index (χ0n) is 11.7. The third-order valence-corrected chi connectivity index (χ3v) is 3.34. The van der Waals surface area contributed by atoms with E-state index in [0.29, 0.717) is 12.5 Å². The quantitative estimate of drug-likeness (QED) is 0.804. The summed E-state index contributed by atoms with van der Waals surface area (Å²) in [5.41, 5.74) is 6.38. The minimum Gasteiger partial charge on any atom is -0.470 e. The average molecular weight is 291 g/mol. The standard InChI is InChI=1S/C17H13N3O2/c1-4-8-16-12(5-1)9-13(20-22-16)11-21-17-10-18-14-6-2-3-7-15(14)19-17/h1-10,20H,11H2. The third kappa shape index (κ3) is 2.44. The Hall–Kier alpha value is -3.08. The molecule has 2 heterocycles. The van der Waals surface area contributed by atoms with Gasteiger partial charge in [-0.15, -0.1) is 0 Å². The molecule has 1 N–H and O–H groups in total. The van der Waals surface area contributed by atoms with E-state index in [0.717, 1.165) is 28.0 Å². The topological polar surface area (TPSA) is 56.3 Å². The summed E-state index contributed by atoms with van der Waals surface area (Å²) in [4.78, 5) is 14.2. The van der Waals surface area contributed by atoms with E-state index >= 15 is 0 Å². The molecule has 0 saturated heterocycles. The van der Waals surface area contributed by atoms with Crippen molar-refractivity contribution in [2.24, 2.45) is 0 Å². The van der Waals surface area contributed by atoms with E-state index in [1.165, 1.54) is 0 Å². The van der Waals surface area contributed by atoms with Gasteiger partial charge in [0.1, 0.15) is 6.61 Å². The maximum absolute atomic E-state index is 5.68. The Labute approximate surface area is 127 Å². The minimum absolute atomic E-state index is 0.335. The molecule has 4 rings (SSSR count). The van der Waals surface area contributed by atoms with Crippen molar-refractivity contribution in [2.75, 3.05) is 6.61 Å². The molecule has 5 heteroatoms. The second kappa shape index (κ2) is 5.37. The molecule has 3 aromatic rings. The number of para-hydroxylation sites is 3. The molecule has 1 aromatic heterocycles. The number of hydrogen-bond donors (Lipinski definition) is 1. The lowest BCUT2D eigenvalue weighted by Gasteiger charge is -2.18. The second-order valence-electron chi connectivity index (χ2n) is 4.90. The number of fused-ring (bicyclic) bond motifs is 2. The molecule has 0 spiro atoms. The maximum atomic E-state index is 5.68. The number of hydrogen-bond acceptors (Lipinski definition) is 5. The number of aromatic nitrogens is 2. The molecule has 0 bridgehead atoms. The summed E-state index contributed by atoms with van der Waals surface area (Å²) in [6, 6.07) is 15.5. The van der Waals surface area contributed by atoms with E-state index in [1.54, 1.807) is 6.20 Å². The summed E-state index contributed by atoms with van der Waals surface area (Å²) in [6.07, 6.45) is 3.62. The summed E-state index contributed by atoms with van der Waals surface area (Å²) < 4.78 is 5.68. The van der Waals surface area contributed by atoms with Crippen LogP contribution < -0.4 is 15.1 Å². The van der Waals surface area contributed by atoms with Crippen LogP contribution in [0.5, 0.6) is 11.6 Å². The molecule has 22 heavy (non-hydrogen) atoms. The van der Waals surface area contributed by atoms with Crippen LogP contribution in [0.25, 0.3) is 17.1 Å². The van der Waals surface area contributed by atoms with Gasteiger partial charge in [0.15, 0.2) is 5.75 Å². The molecule has 1 aliphatic heterocycles. The highest BCUT2D eigenvalue weighted by molar-refractivity contribution is 5.74. The van der Waals surface area contributed by atoms with Crippen LogP contribution in [0.15, 0.2) is 60.4 Å². The lowest BCUT2D eigenvalue weighted by atomic mass is 10.1. The van der Waals surface area contributed by atoms with Gasteiger partial charge in [-0.1, -0.05) is 30.3 Å². The first-order valence-corrected chi connectivity index (χ1v) is 6.95. The molecule has 0 unspecified atom stereocenters. The first-order valence-electron chi connectivity index (χ1n) is 6.95. The summed E-state index contributed by atoms with van der Waals surface area (Å²) in [5, 5.41) is 0. The van der Waals surface area contributed by atoms with Crippen molar-refractivity contribution in [3.63, 3.8) is 0 Å². The van der Waals surface area contributed by atoms with Crippen LogP contribution in [0, 0.1) is 0 Å². The lowest BCUT2D eigenvalue weighted by Crippen LogP contribution is -2.25. The Bertz CT molecular complexity index is 861. The Morgan fingerprint density at radius 1 is 1.00 bits per heavy atom. The van der Waals surface area contributed by atoms with E-state index in [2.05, 4.69) is 15.4 Å². The number of rotatable bonds is 3. The van der Waals surface area contributed by atoms with Crippen LogP contribution in [-0.2, 0) is 0 Å².